The average molecular weight is 430 g/mol. The Hall–Kier alpha value is -3.17. The maximum Gasteiger partial charge on any atom is 0.259 e. The molecule has 0 fully saturated rings. The van der Waals surface area contributed by atoms with Crippen LogP contribution in [0.15, 0.2) is 36.8 Å². The lowest BCUT2D eigenvalue weighted by Gasteiger charge is -2.14. The molecular weight excluding hydrogens is 417 g/mol. The number of halogens is 2. The molecule has 29 heavy (non-hydrogen) atoms. The van der Waals surface area contributed by atoms with Crippen molar-refractivity contribution in [2.24, 2.45) is 0 Å². The summed E-state index contributed by atoms with van der Waals surface area (Å²) in [5.41, 5.74) is 1.73. The molecule has 0 aliphatic carbocycles. The highest BCUT2D eigenvalue weighted by Gasteiger charge is 2.23. The van der Waals surface area contributed by atoms with Crippen LogP contribution in [0.4, 0.5) is 9.52 Å². The van der Waals surface area contributed by atoms with E-state index in [4.69, 9.17) is 16.3 Å². The van der Waals surface area contributed by atoms with Gasteiger partial charge in [-0.05, 0) is 25.1 Å². The topological polar surface area (TPSA) is 89.9 Å². The van der Waals surface area contributed by atoms with E-state index in [0.29, 0.717) is 21.2 Å². The Morgan fingerprint density at radius 1 is 1.28 bits per heavy atom. The number of nitrogens with zero attached hydrogens (tertiary/aromatic N) is 4. The van der Waals surface area contributed by atoms with Gasteiger partial charge in [-0.1, -0.05) is 22.9 Å². The van der Waals surface area contributed by atoms with Gasteiger partial charge in [0.1, 0.15) is 16.1 Å². The fraction of sp³-hybridized carbons (Fsp3) is 0.105. The SMILES string of the molecule is COc1cnc(Cl)c(F)c1-c1cc(C)ncc1C(=O)Nc1nc2cccnc2s1. The number of thiazole rings is 1. The lowest BCUT2D eigenvalue weighted by atomic mass is 10.00. The molecule has 0 aliphatic heterocycles. The summed E-state index contributed by atoms with van der Waals surface area (Å²) in [7, 11) is 1.38. The Bertz CT molecular complexity index is 1210. The number of hydrogen-bond acceptors (Lipinski definition) is 7. The number of carbonyl (C=O) groups excluding carboxylic acids is 1. The first-order valence-electron chi connectivity index (χ1n) is 8.36. The lowest BCUT2D eigenvalue weighted by molar-refractivity contribution is 0.102. The molecule has 1 amide bonds. The molecule has 7 nitrogen and oxygen atoms in total. The maximum absolute atomic E-state index is 14.8. The number of rotatable bonds is 4. The molecular formula is C19H13ClFN5O2S. The highest BCUT2D eigenvalue weighted by Crippen LogP contribution is 2.37. The van der Waals surface area contributed by atoms with Gasteiger partial charge in [-0.2, -0.15) is 0 Å². The molecule has 0 aromatic carbocycles. The van der Waals surface area contributed by atoms with Crippen LogP contribution in [0, 0.1) is 12.7 Å². The highest BCUT2D eigenvalue weighted by molar-refractivity contribution is 7.21. The van der Waals surface area contributed by atoms with E-state index in [2.05, 4.69) is 25.3 Å². The van der Waals surface area contributed by atoms with Crippen LogP contribution in [0.5, 0.6) is 5.75 Å². The number of nitrogens with one attached hydrogen (secondary N) is 1. The molecule has 0 atom stereocenters. The van der Waals surface area contributed by atoms with E-state index in [0.717, 1.165) is 0 Å². The van der Waals surface area contributed by atoms with Gasteiger partial charge in [0.25, 0.3) is 5.91 Å². The molecule has 4 aromatic rings. The molecule has 146 valence electrons. The number of carbonyl (C=O) groups is 1. The molecule has 4 heterocycles. The number of pyridine rings is 3. The van der Waals surface area contributed by atoms with E-state index in [1.54, 1.807) is 31.3 Å². The Balaban J connectivity index is 1.79. The minimum atomic E-state index is -0.783. The van der Waals surface area contributed by atoms with Crippen LogP contribution in [-0.4, -0.2) is 33.0 Å². The first-order chi connectivity index (χ1) is 14.0. The lowest BCUT2D eigenvalue weighted by Crippen LogP contribution is -2.14. The predicted octanol–water partition coefficient (Wildman–Crippen LogP) is 4.51. The third kappa shape index (κ3) is 3.62. The Labute approximate surface area is 173 Å². The van der Waals surface area contributed by atoms with Crippen molar-refractivity contribution >= 4 is 44.3 Å². The average Bonchev–Trinajstić information content (AvgIpc) is 3.12. The van der Waals surface area contributed by atoms with E-state index < -0.39 is 11.7 Å². The highest BCUT2D eigenvalue weighted by atomic mass is 35.5. The summed E-state index contributed by atoms with van der Waals surface area (Å²) in [5.74, 6) is -1.13. The monoisotopic (exact) mass is 429 g/mol. The summed E-state index contributed by atoms with van der Waals surface area (Å²) in [6, 6.07) is 5.15. The summed E-state index contributed by atoms with van der Waals surface area (Å²) in [4.78, 5) is 30.1. The first kappa shape index (κ1) is 19.2. The van der Waals surface area contributed by atoms with Crippen molar-refractivity contribution in [3.63, 3.8) is 0 Å². The third-order valence-electron chi connectivity index (χ3n) is 4.10. The van der Waals surface area contributed by atoms with Gasteiger partial charge in [0, 0.05) is 23.7 Å². The Morgan fingerprint density at radius 2 is 2.10 bits per heavy atom. The predicted molar refractivity (Wildman–Crippen MR) is 109 cm³/mol. The Kier molecular flexibility index (Phi) is 5.08. The second-order valence-electron chi connectivity index (χ2n) is 5.98. The maximum atomic E-state index is 14.8. The third-order valence-corrected chi connectivity index (χ3v) is 5.26. The number of anilines is 1. The molecule has 0 spiro atoms. The minimum Gasteiger partial charge on any atom is -0.494 e. The number of fused-ring (bicyclic) bond motifs is 1. The van der Waals surface area contributed by atoms with Crippen LogP contribution < -0.4 is 10.1 Å². The van der Waals surface area contributed by atoms with Crippen molar-refractivity contribution in [3.05, 3.63) is 59.0 Å². The zero-order chi connectivity index (χ0) is 20.5. The number of methoxy groups -OCH3 is 1. The molecule has 1 N–H and O–H groups in total. The van der Waals surface area contributed by atoms with Gasteiger partial charge in [0.2, 0.25) is 0 Å². The summed E-state index contributed by atoms with van der Waals surface area (Å²) >= 11 is 7.10. The van der Waals surface area contributed by atoms with Crippen LogP contribution in [0.25, 0.3) is 21.5 Å². The van der Waals surface area contributed by atoms with Gasteiger partial charge in [0.05, 0.1) is 24.4 Å². The molecule has 0 saturated heterocycles. The standard InChI is InChI=1S/C19H13ClFN5O2S/c1-9-6-10(14-13(28-2)8-24-16(20)15(14)21)11(7-23-9)17(27)26-19-25-12-4-3-5-22-18(12)29-19/h3-8H,1-2H3,(H,25,26,27). The van der Waals surface area contributed by atoms with Gasteiger partial charge < -0.3 is 4.74 Å². The van der Waals surface area contributed by atoms with Gasteiger partial charge in [-0.25, -0.2) is 19.3 Å². The van der Waals surface area contributed by atoms with Crippen molar-refractivity contribution in [1.29, 1.82) is 0 Å². The van der Waals surface area contributed by atoms with Crippen LogP contribution in [0.1, 0.15) is 16.1 Å². The van der Waals surface area contributed by atoms with Gasteiger partial charge in [-0.3, -0.25) is 15.1 Å². The number of hydrogen-bond donors (Lipinski definition) is 1. The van der Waals surface area contributed by atoms with Crippen LogP contribution >= 0.6 is 22.9 Å². The Morgan fingerprint density at radius 3 is 2.86 bits per heavy atom. The molecule has 0 radical (unpaired) electrons. The van der Waals surface area contributed by atoms with Gasteiger partial charge >= 0.3 is 0 Å². The minimum absolute atomic E-state index is 0.0362. The molecule has 0 unspecified atom stereocenters. The molecule has 4 aromatic heterocycles. The second-order valence-corrected chi connectivity index (χ2v) is 7.31. The van der Waals surface area contributed by atoms with E-state index >= 15 is 0 Å². The number of aryl methyl sites for hydroxylation is 1. The van der Waals surface area contributed by atoms with Crippen molar-refractivity contribution in [2.45, 2.75) is 6.92 Å². The second kappa shape index (κ2) is 7.69. The number of amides is 1. The molecule has 0 bridgehead atoms. The largest absolute Gasteiger partial charge is 0.494 e. The number of ether oxygens (including phenoxy) is 1. The zero-order valence-corrected chi connectivity index (χ0v) is 16.8. The molecule has 0 aliphatic rings. The van der Waals surface area contributed by atoms with E-state index in [9.17, 15) is 9.18 Å². The normalized spacial score (nSPS) is 10.9. The van der Waals surface area contributed by atoms with Crippen molar-refractivity contribution in [3.8, 4) is 16.9 Å². The van der Waals surface area contributed by atoms with E-state index in [-0.39, 0.29) is 27.6 Å². The smallest absolute Gasteiger partial charge is 0.259 e. The van der Waals surface area contributed by atoms with Crippen LogP contribution in [-0.2, 0) is 0 Å². The van der Waals surface area contributed by atoms with Crippen molar-refractivity contribution in [2.75, 3.05) is 12.4 Å². The van der Waals surface area contributed by atoms with Gasteiger partial charge in [-0.15, -0.1) is 0 Å². The summed E-state index contributed by atoms with van der Waals surface area (Å²) in [6.07, 6.45) is 4.33. The molecule has 4 rings (SSSR count). The van der Waals surface area contributed by atoms with Crippen molar-refractivity contribution < 1.29 is 13.9 Å². The summed E-state index contributed by atoms with van der Waals surface area (Å²) < 4.78 is 20.1. The number of aromatic nitrogens is 4. The van der Waals surface area contributed by atoms with Crippen LogP contribution in [0.2, 0.25) is 5.15 Å². The quantitative estimate of drug-likeness (QED) is 0.480. The zero-order valence-electron chi connectivity index (χ0n) is 15.2. The molecule has 0 saturated carbocycles. The summed E-state index contributed by atoms with van der Waals surface area (Å²) in [5, 5.41) is 2.78. The van der Waals surface area contributed by atoms with Crippen molar-refractivity contribution in [1.82, 2.24) is 19.9 Å². The fourth-order valence-corrected chi connectivity index (χ4v) is 3.73. The molecule has 10 heteroatoms. The summed E-state index contributed by atoms with van der Waals surface area (Å²) in [6.45, 7) is 1.73. The first-order valence-corrected chi connectivity index (χ1v) is 9.55. The van der Waals surface area contributed by atoms with E-state index in [1.165, 1.54) is 30.8 Å². The van der Waals surface area contributed by atoms with Crippen LogP contribution in [0.3, 0.4) is 0 Å². The van der Waals surface area contributed by atoms with Gasteiger partial charge in [0.15, 0.2) is 16.1 Å². The fourth-order valence-electron chi connectivity index (χ4n) is 2.79. The van der Waals surface area contributed by atoms with E-state index in [1.807, 2.05) is 0 Å².